The van der Waals surface area contributed by atoms with Crippen LogP contribution >= 0.6 is 0 Å². The lowest BCUT2D eigenvalue weighted by Crippen LogP contribution is -2.35. The number of carbonyl (C=O) groups excluding carboxylic acids is 1. The molecule has 2 unspecified atom stereocenters. The second kappa shape index (κ2) is 4.48. The predicted molar refractivity (Wildman–Crippen MR) is 61.6 cm³/mol. The number of hydrogen-bond acceptors (Lipinski definition) is 2. The highest BCUT2D eigenvalue weighted by Gasteiger charge is 2.37. The van der Waals surface area contributed by atoms with Gasteiger partial charge in [-0.05, 0) is 32.1 Å². The Morgan fingerprint density at radius 2 is 2.27 bits per heavy atom. The first-order valence-corrected chi connectivity index (χ1v) is 5.72. The van der Waals surface area contributed by atoms with Crippen LogP contribution in [0.1, 0.15) is 47.0 Å². The number of aliphatic hydroxyl groups excluding tert-OH is 1. The molecule has 0 aromatic carbocycles. The van der Waals surface area contributed by atoms with Crippen molar-refractivity contribution in [2.24, 2.45) is 11.3 Å². The quantitative estimate of drug-likeness (QED) is 0.727. The molecule has 0 saturated heterocycles. The van der Waals surface area contributed by atoms with E-state index in [9.17, 15) is 9.90 Å². The van der Waals surface area contributed by atoms with Crippen LogP contribution in [0.15, 0.2) is 11.6 Å². The molecular formula is C13H22O2. The minimum atomic E-state index is -0.525. The Hall–Kier alpha value is -0.630. The van der Waals surface area contributed by atoms with Crippen molar-refractivity contribution in [3.05, 3.63) is 11.6 Å². The Morgan fingerprint density at radius 1 is 1.67 bits per heavy atom. The van der Waals surface area contributed by atoms with E-state index in [0.29, 0.717) is 0 Å². The molecule has 0 amide bonds. The van der Waals surface area contributed by atoms with E-state index in [1.165, 1.54) is 5.57 Å². The number of carbonyl (C=O) groups is 1. The molecule has 0 heterocycles. The molecular weight excluding hydrogens is 188 g/mol. The number of Topliss-reactive ketones (excluding diaryl/α,β-unsaturated/α-hetero) is 1. The van der Waals surface area contributed by atoms with Gasteiger partial charge in [0.2, 0.25) is 0 Å². The summed E-state index contributed by atoms with van der Waals surface area (Å²) < 4.78 is 0. The number of aliphatic hydroxyl groups is 1. The van der Waals surface area contributed by atoms with E-state index in [4.69, 9.17) is 0 Å². The molecule has 2 heteroatoms. The fraction of sp³-hybridized carbons (Fsp3) is 0.769. The van der Waals surface area contributed by atoms with Crippen molar-refractivity contribution in [1.29, 1.82) is 0 Å². The largest absolute Gasteiger partial charge is 0.393 e. The van der Waals surface area contributed by atoms with Crippen LogP contribution in [0.4, 0.5) is 0 Å². The zero-order chi connectivity index (χ0) is 11.6. The number of ketones is 1. The van der Waals surface area contributed by atoms with Gasteiger partial charge in [-0.2, -0.15) is 0 Å². The molecule has 1 aliphatic carbocycles. The summed E-state index contributed by atoms with van der Waals surface area (Å²) in [5.41, 5.74) is 1.22. The van der Waals surface area contributed by atoms with E-state index in [0.717, 1.165) is 12.8 Å². The molecule has 0 radical (unpaired) electrons. The summed E-state index contributed by atoms with van der Waals surface area (Å²) in [6.45, 7) is 8.00. The minimum Gasteiger partial charge on any atom is -0.393 e. The van der Waals surface area contributed by atoms with Crippen LogP contribution in [0, 0.1) is 11.3 Å². The van der Waals surface area contributed by atoms with Crippen molar-refractivity contribution >= 4 is 5.78 Å². The fourth-order valence-corrected chi connectivity index (χ4v) is 2.65. The van der Waals surface area contributed by atoms with E-state index in [-0.39, 0.29) is 23.5 Å². The van der Waals surface area contributed by atoms with Crippen LogP contribution in [0.2, 0.25) is 0 Å². The lowest BCUT2D eigenvalue weighted by molar-refractivity contribution is -0.126. The highest BCUT2D eigenvalue weighted by Crippen LogP contribution is 2.41. The van der Waals surface area contributed by atoms with Gasteiger partial charge in [0.05, 0.1) is 6.10 Å². The molecule has 1 aliphatic rings. The monoisotopic (exact) mass is 210 g/mol. The molecule has 0 saturated carbocycles. The van der Waals surface area contributed by atoms with Crippen LogP contribution in [-0.2, 0) is 4.79 Å². The Labute approximate surface area is 92.4 Å². The minimum absolute atomic E-state index is 0.000787. The smallest absolute Gasteiger partial charge is 0.143 e. The molecule has 0 aromatic rings. The molecule has 15 heavy (non-hydrogen) atoms. The first kappa shape index (κ1) is 12.4. The van der Waals surface area contributed by atoms with E-state index in [1.54, 1.807) is 6.92 Å². The van der Waals surface area contributed by atoms with Crippen LogP contribution in [-0.4, -0.2) is 17.0 Å². The lowest BCUT2D eigenvalue weighted by Gasteiger charge is -2.37. The zero-order valence-electron chi connectivity index (χ0n) is 10.2. The molecule has 0 aliphatic heterocycles. The summed E-state index contributed by atoms with van der Waals surface area (Å²) in [5.74, 6) is 0.185. The Morgan fingerprint density at radius 3 is 2.73 bits per heavy atom. The number of hydrogen-bond donors (Lipinski definition) is 1. The van der Waals surface area contributed by atoms with Gasteiger partial charge in [0.1, 0.15) is 5.78 Å². The van der Waals surface area contributed by atoms with Gasteiger partial charge in [0.25, 0.3) is 0 Å². The summed E-state index contributed by atoms with van der Waals surface area (Å²) in [6, 6.07) is 0. The summed E-state index contributed by atoms with van der Waals surface area (Å²) in [4.78, 5) is 12.0. The van der Waals surface area contributed by atoms with Gasteiger partial charge in [-0.25, -0.2) is 0 Å². The molecule has 86 valence electrons. The van der Waals surface area contributed by atoms with Crippen LogP contribution < -0.4 is 0 Å². The first-order chi connectivity index (χ1) is 6.84. The maximum Gasteiger partial charge on any atom is 0.143 e. The zero-order valence-corrected chi connectivity index (χ0v) is 10.2. The molecule has 0 bridgehead atoms. The molecule has 2 nitrogen and oxygen atoms in total. The van der Waals surface area contributed by atoms with Crippen LogP contribution in [0.5, 0.6) is 0 Å². The maximum atomic E-state index is 12.0. The van der Waals surface area contributed by atoms with Gasteiger partial charge in [0.15, 0.2) is 0 Å². The third kappa shape index (κ3) is 2.91. The van der Waals surface area contributed by atoms with E-state index < -0.39 is 6.10 Å². The van der Waals surface area contributed by atoms with Crippen molar-refractivity contribution < 1.29 is 9.90 Å². The van der Waals surface area contributed by atoms with Crippen LogP contribution in [0.3, 0.4) is 0 Å². The standard InChI is InChI=1S/C13H22O2/c1-9-6-5-7-13(3,4)12(9)11(15)8-10(2)14/h6,10,12,14H,5,7-8H2,1-4H3. The third-order valence-electron chi connectivity index (χ3n) is 3.31. The Balaban J connectivity index is 2.84. The second-order valence-electron chi connectivity index (χ2n) is 5.43. The van der Waals surface area contributed by atoms with Crippen molar-refractivity contribution in [1.82, 2.24) is 0 Å². The van der Waals surface area contributed by atoms with Gasteiger partial charge in [-0.3, -0.25) is 4.79 Å². The molecule has 2 atom stereocenters. The molecule has 1 N–H and O–H groups in total. The SMILES string of the molecule is CC1=CCCC(C)(C)C1C(=O)CC(C)O. The van der Waals surface area contributed by atoms with Gasteiger partial charge in [-0.1, -0.05) is 25.5 Å². The highest BCUT2D eigenvalue weighted by molar-refractivity contribution is 5.85. The predicted octanol–water partition coefficient (Wildman–Crippen LogP) is 2.71. The lowest BCUT2D eigenvalue weighted by atomic mass is 9.66. The average molecular weight is 210 g/mol. The highest BCUT2D eigenvalue weighted by atomic mass is 16.3. The summed E-state index contributed by atoms with van der Waals surface area (Å²) >= 11 is 0. The normalized spacial score (nSPS) is 27.0. The Bertz CT molecular complexity index is 274. The molecule has 0 spiro atoms. The second-order valence-corrected chi connectivity index (χ2v) is 5.43. The average Bonchev–Trinajstić information content (AvgIpc) is 1.99. The van der Waals surface area contributed by atoms with Crippen molar-refractivity contribution in [3.63, 3.8) is 0 Å². The van der Waals surface area contributed by atoms with Crippen molar-refractivity contribution in [2.45, 2.75) is 53.1 Å². The van der Waals surface area contributed by atoms with Gasteiger partial charge >= 0.3 is 0 Å². The van der Waals surface area contributed by atoms with E-state index in [2.05, 4.69) is 19.9 Å². The fourth-order valence-electron chi connectivity index (χ4n) is 2.65. The topological polar surface area (TPSA) is 37.3 Å². The van der Waals surface area contributed by atoms with Gasteiger partial charge in [-0.15, -0.1) is 0 Å². The number of rotatable bonds is 3. The third-order valence-corrected chi connectivity index (χ3v) is 3.31. The van der Waals surface area contributed by atoms with Gasteiger partial charge in [0, 0.05) is 12.3 Å². The molecule has 1 rings (SSSR count). The molecule has 0 fully saturated rings. The van der Waals surface area contributed by atoms with Gasteiger partial charge < -0.3 is 5.11 Å². The summed E-state index contributed by atoms with van der Waals surface area (Å²) in [5, 5.41) is 9.27. The maximum absolute atomic E-state index is 12.0. The Kier molecular flexibility index (Phi) is 3.72. The number of allylic oxidation sites excluding steroid dienone is 2. The molecule has 0 aromatic heterocycles. The van der Waals surface area contributed by atoms with E-state index >= 15 is 0 Å². The van der Waals surface area contributed by atoms with E-state index in [1.807, 2.05) is 6.92 Å². The van der Waals surface area contributed by atoms with Crippen molar-refractivity contribution in [3.8, 4) is 0 Å². The summed E-state index contributed by atoms with van der Waals surface area (Å²) in [7, 11) is 0. The summed E-state index contributed by atoms with van der Waals surface area (Å²) in [6.07, 6.45) is 4.04. The first-order valence-electron chi connectivity index (χ1n) is 5.72. The van der Waals surface area contributed by atoms with Crippen LogP contribution in [0.25, 0.3) is 0 Å². The van der Waals surface area contributed by atoms with Crippen molar-refractivity contribution in [2.75, 3.05) is 0 Å².